The monoisotopic (exact) mass is 178 g/mol. The summed E-state index contributed by atoms with van der Waals surface area (Å²) in [5.74, 6) is 0. The molecule has 1 fully saturated rings. The maximum atomic E-state index is 9.23. The lowest BCUT2D eigenvalue weighted by atomic mass is 9.96. The van der Waals surface area contributed by atoms with E-state index in [1.165, 1.54) is 0 Å². The first kappa shape index (κ1) is 9.88. The predicted octanol–water partition coefficient (Wildman–Crippen LogP) is -2.15. The van der Waals surface area contributed by atoms with Gasteiger partial charge >= 0.3 is 0 Å². The highest BCUT2D eigenvalue weighted by atomic mass is 16.5. The maximum Gasteiger partial charge on any atom is 0.111 e. The lowest BCUT2D eigenvalue weighted by Gasteiger charge is -2.38. The Kier molecular flexibility index (Phi) is 3.03. The van der Waals surface area contributed by atoms with Gasteiger partial charge in [0.1, 0.15) is 24.4 Å². The highest BCUT2D eigenvalue weighted by molar-refractivity contribution is 4.89. The lowest BCUT2D eigenvalue weighted by Crippen LogP contribution is -2.57. The van der Waals surface area contributed by atoms with E-state index in [0.29, 0.717) is 0 Å². The van der Waals surface area contributed by atoms with Gasteiger partial charge in [0.2, 0.25) is 0 Å². The van der Waals surface area contributed by atoms with Gasteiger partial charge in [0.05, 0.1) is 12.7 Å². The largest absolute Gasteiger partial charge is 0.394 e. The molecule has 1 heterocycles. The molecule has 2 unspecified atom stereocenters. The van der Waals surface area contributed by atoms with Gasteiger partial charge in [-0.25, -0.2) is 0 Å². The summed E-state index contributed by atoms with van der Waals surface area (Å²) in [6.07, 6.45) is -4.94. The molecule has 4 N–H and O–H groups in total. The van der Waals surface area contributed by atoms with Gasteiger partial charge in [0.15, 0.2) is 0 Å². The van der Waals surface area contributed by atoms with E-state index in [2.05, 4.69) is 0 Å². The van der Waals surface area contributed by atoms with Crippen LogP contribution >= 0.6 is 0 Å². The molecule has 1 saturated heterocycles. The van der Waals surface area contributed by atoms with E-state index in [9.17, 15) is 15.3 Å². The molecule has 0 aromatic carbocycles. The van der Waals surface area contributed by atoms with E-state index in [1.807, 2.05) is 0 Å². The summed E-state index contributed by atoms with van der Waals surface area (Å²) < 4.78 is 5.02. The fourth-order valence-electron chi connectivity index (χ4n) is 1.29. The number of hydrogen-bond acceptors (Lipinski definition) is 5. The molecule has 5 nitrogen and oxygen atoms in total. The number of aliphatic hydroxyl groups excluding tert-OH is 4. The predicted molar refractivity (Wildman–Crippen MR) is 39.4 cm³/mol. The second kappa shape index (κ2) is 3.68. The van der Waals surface area contributed by atoms with Crippen LogP contribution in [-0.2, 0) is 4.74 Å². The van der Waals surface area contributed by atoms with Gasteiger partial charge in [-0.2, -0.15) is 0 Å². The summed E-state index contributed by atoms with van der Waals surface area (Å²) in [4.78, 5) is 0. The van der Waals surface area contributed by atoms with Crippen molar-refractivity contribution < 1.29 is 25.2 Å². The third-order valence-corrected chi connectivity index (χ3v) is 2.13. The normalized spacial score (nSPS) is 49.2. The molecule has 0 aromatic rings. The van der Waals surface area contributed by atoms with Crippen molar-refractivity contribution in [3.05, 3.63) is 0 Å². The van der Waals surface area contributed by atoms with Crippen molar-refractivity contribution >= 4 is 0 Å². The van der Waals surface area contributed by atoms with Crippen molar-refractivity contribution in [2.45, 2.75) is 37.4 Å². The van der Waals surface area contributed by atoms with Crippen molar-refractivity contribution in [2.75, 3.05) is 6.61 Å². The Balaban J connectivity index is 2.63. The summed E-state index contributed by atoms with van der Waals surface area (Å²) in [6.45, 7) is 1.21. The van der Waals surface area contributed by atoms with Crippen LogP contribution in [0.3, 0.4) is 0 Å². The highest BCUT2D eigenvalue weighted by Crippen LogP contribution is 2.20. The molecule has 12 heavy (non-hydrogen) atoms. The number of aliphatic hydroxyl groups is 4. The van der Waals surface area contributed by atoms with Gasteiger partial charge in [0, 0.05) is 0 Å². The van der Waals surface area contributed by atoms with Crippen LogP contribution in [0.2, 0.25) is 0 Å². The van der Waals surface area contributed by atoms with Crippen molar-refractivity contribution in [2.24, 2.45) is 0 Å². The molecule has 0 radical (unpaired) electrons. The summed E-state index contributed by atoms with van der Waals surface area (Å²) in [5, 5.41) is 36.4. The van der Waals surface area contributed by atoms with E-state index < -0.39 is 30.5 Å². The first-order valence-electron chi connectivity index (χ1n) is 3.88. The molecule has 1 aliphatic rings. The first-order chi connectivity index (χ1) is 5.57. The van der Waals surface area contributed by atoms with Crippen LogP contribution in [-0.4, -0.2) is 57.6 Å². The van der Waals surface area contributed by atoms with Gasteiger partial charge in [-0.05, 0) is 6.92 Å². The Morgan fingerprint density at radius 2 is 1.67 bits per heavy atom. The number of ether oxygens (including phenoxy) is 1. The number of hydrogen-bond donors (Lipinski definition) is 4. The lowest BCUT2D eigenvalue weighted by molar-refractivity contribution is -0.224. The molecular weight excluding hydrogens is 164 g/mol. The van der Waals surface area contributed by atoms with Crippen molar-refractivity contribution in [1.29, 1.82) is 0 Å². The molecule has 0 bridgehead atoms. The summed E-state index contributed by atoms with van der Waals surface area (Å²) in [6, 6.07) is 0. The zero-order valence-corrected chi connectivity index (χ0v) is 6.79. The smallest absolute Gasteiger partial charge is 0.111 e. The minimum absolute atomic E-state index is 0.366. The molecule has 0 aromatic heterocycles. The van der Waals surface area contributed by atoms with Gasteiger partial charge in [-0.3, -0.25) is 0 Å². The Hall–Kier alpha value is -0.200. The molecule has 0 amide bonds. The minimum atomic E-state index is -1.24. The average molecular weight is 178 g/mol. The third-order valence-electron chi connectivity index (χ3n) is 2.13. The molecular formula is C7H14O5. The zero-order chi connectivity index (χ0) is 9.30. The van der Waals surface area contributed by atoms with Gasteiger partial charge < -0.3 is 25.2 Å². The molecule has 1 rings (SSSR count). The Bertz CT molecular complexity index is 146. The first-order valence-corrected chi connectivity index (χ1v) is 3.88. The Morgan fingerprint density at radius 3 is 2.17 bits per heavy atom. The Labute approximate surface area is 70.2 Å². The van der Waals surface area contributed by atoms with Gasteiger partial charge in [-0.15, -0.1) is 0 Å². The van der Waals surface area contributed by atoms with Crippen molar-refractivity contribution in [1.82, 2.24) is 0 Å². The second-order valence-corrected chi connectivity index (χ2v) is 3.03. The Morgan fingerprint density at radius 1 is 1.08 bits per heavy atom. The van der Waals surface area contributed by atoms with E-state index in [1.54, 1.807) is 6.92 Å². The van der Waals surface area contributed by atoms with Crippen LogP contribution in [0.5, 0.6) is 0 Å². The van der Waals surface area contributed by atoms with Crippen molar-refractivity contribution in [3.63, 3.8) is 0 Å². The summed E-state index contributed by atoms with van der Waals surface area (Å²) >= 11 is 0. The van der Waals surface area contributed by atoms with E-state index >= 15 is 0 Å². The van der Waals surface area contributed by atoms with Crippen LogP contribution in [0.25, 0.3) is 0 Å². The molecule has 0 spiro atoms. The standard InChI is InChI=1S/C7H14O5/c1-3-5(9)7(11)6(10)4(2-8)12-3/h3-11H,2H2,1H3/t3?,4?,5-,6-,7-/m1/s1. The topological polar surface area (TPSA) is 90.2 Å². The fourth-order valence-corrected chi connectivity index (χ4v) is 1.29. The highest BCUT2D eigenvalue weighted by Gasteiger charge is 2.41. The van der Waals surface area contributed by atoms with Crippen LogP contribution in [0.1, 0.15) is 6.92 Å². The molecule has 5 atom stereocenters. The molecule has 72 valence electrons. The van der Waals surface area contributed by atoms with E-state index in [4.69, 9.17) is 9.84 Å². The summed E-state index contributed by atoms with van der Waals surface area (Å²) in [5.41, 5.74) is 0. The maximum absolute atomic E-state index is 9.23. The average Bonchev–Trinajstić information content (AvgIpc) is 2.08. The third kappa shape index (κ3) is 1.60. The SMILES string of the molecule is CC1OC(CO)[C@@H](O)[C@H](O)[C@@H]1O. The number of rotatable bonds is 1. The van der Waals surface area contributed by atoms with Crippen LogP contribution in [0.4, 0.5) is 0 Å². The van der Waals surface area contributed by atoms with E-state index in [-0.39, 0.29) is 6.61 Å². The second-order valence-electron chi connectivity index (χ2n) is 3.03. The minimum Gasteiger partial charge on any atom is -0.394 e. The molecule has 0 aliphatic carbocycles. The van der Waals surface area contributed by atoms with Crippen LogP contribution in [0, 0.1) is 0 Å². The fraction of sp³-hybridized carbons (Fsp3) is 1.00. The molecule has 1 aliphatic heterocycles. The van der Waals surface area contributed by atoms with Gasteiger partial charge in [0.25, 0.3) is 0 Å². The van der Waals surface area contributed by atoms with Crippen molar-refractivity contribution in [3.8, 4) is 0 Å². The van der Waals surface area contributed by atoms with Gasteiger partial charge in [-0.1, -0.05) is 0 Å². The quantitative estimate of drug-likeness (QED) is 0.367. The van der Waals surface area contributed by atoms with Crippen LogP contribution in [0.15, 0.2) is 0 Å². The van der Waals surface area contributed by atoms with Crippen LogP contribution < -0.4 is 0 Å². The summed E-state index contributed by atoms with van der Waals surface area (Å²) in [7, 11) is 0. The zero-order valence-electron chi connectivity index (χ0n) is 6.79. The molecule has 5 heteroatoms. The molecule has 0 saturated carbocycles. The van der Waals surface area contributed by atoms with E-state index in [0.717, 1.165) is 0 Å².